The third-order valence-corrected chi connectivity index (χ3v) is 13.4. The minimum atomic E-state index is -0.447. The Morgan fingerprint density at radius 2 is 0.609 bits per heavy atom. The number of hydrogen-bond donors (Lipinski definition) is 0. The Labute approximate surface area is 374 Å². The maximum atomic E-state index is 2.38. The monoisotopic (exact) mass is 813 g/mol. The summed E-state index contributed by atoms with van der Waals surface area (Å²) in [4.78, 5) is 2.38. The van der Waals surface area contributed by atoms with E-state index in [1.807, 2.05) is 0 Å². The van der Waals surface area contributed by atoms with Crippen molar-refractivity contribution in [2.24, 2.45) is 0 Å². The van der Waals surface area contributed by atoms with Crippen LogP contribution in [0.2, 0.25) is 0 Å². The SMILES string of the molecule is c1ccc(C2(c3ccccc3)c3ccccc3-c3c(-c4ccc(N(c5ccc(-c6cccc7ccccc67)cc5)c5ccc(-c6cccc7ccccc67)cc5)cc4)cccc32)cc1. The van der Waals surface area contributed by atoms with Gasteiger partial charge in [0.2, 0.25) is 0 Å². The molecule has 11 aromatic carbocycles. The van der Waals surface area contributed by atoms with Gasteiger partial charge in [0.05, 0.1) is 5.41 Å². The highest BCUT2D eigenvalue weighted by atomic mass is 15.1. The first-order chi connectivity index (χ1) is 31.8. The summed E-state index contributed by atoms with van der Waals surface area (Å²) in [6.07, 6.45) is 0. The van der Waals surface area contributed by atoms with E-state index in [2.05, 4.69) is 266 Å². The molecule has 12 rings (SSSR count). The second-order valence-electron chi connectivity index (χ2n) is 16.8. The average Bonchev–Trinajstić information content (AvgIpc) is 3.69. The van der Waals surface area contributed by atoms with E-state index in [1.54, 1.807) is 0 Å². The lowest BCUT2D eigenvalue weighted by Gasteiger charge is -2.34. The molecule has 0 N–H and O–H groups in total. The second-order valence-corrected chi connectivity index (χ2v) is 16.8. The summed E-state index contributed by atoms with van der Waals surface area (Å²) in [5.41, 5.74) is 17.9. The Bertz CT molecular complexity index is 3290. The molecule has 300 valence electrons. The molecule has 1 aliphatic carbocycles. The summed E-state index contributed by atoms with van der Waals surface area (Å²) in [6, 6.07) is 95.7. The van der Waals surface area contributed by atoms with E-state index in [1.165, 1.54) is 88.3 Å². The fraction of sp³-hybridized carbons (Fsp3) is 0.0159. The first kappa shape index (κ1) is 37.5. The van der Waals surface area contributed by atoms with Gasteiger partial charge in [-0.15, -0.1) is 0 Å². The van der Waals surface area contributed by atoms with Crippen molar-refractivity contribution in [1.29, 1.82) is 0 Å². The molecular weight excluding hydrogens is 771 g/mol. The van der Waals surface area contributed by atoms with Crippen LogP contribution in [0.1, 0.15) is 22.3 Å². The summed E-state index contributed by atoms with van der Waals surface area (Å²) < 4.78 is 0. The molecule has 0 atom stereocenters. The predicted octanol–water partition coefficient (Wildman–Crippen LogP) is 16.8. The topological polar surface area (TPSA) is 3.24 Å². The van der Waals surface area contributed by atoms with Crippen molar-refractivity contribution in [3.05, 3.63) is 283 Å². The molecule has 0 saturated carbocycles. The quantitative estimate of drug-likeness (QED) is 0.148. The number of benzene rings is 11. The standard InChI is InChI=1S/C63H43N/c1-3-20-49(21-4-1)63(50-22-5-2-6-23-50)60-30-12-11-26-59(60)62-58(29-15-31-61(62)63)48-36-42-53(43-37-48)64(51-38-32-46(33-39-51)56-27-13-18-44-16-7-9-24-54(44)56)52-40-34-47(35-41-52)57-28-14-19-45-17-8-10-25-55(45)57/h1-43H. The highest BCUT2D eigenvalue weighted by Gasteiger charge is 2.46. The summed E-state index contributed by atoms with van der Waals surface area (Å²) in [7, 11) is 0. The molecule has 0 fully saturated rings. The van der Waals surface area contributed by atoms with Crippen molar-refractivity contribution in [3.63, 3.8) is 0 Å². The van der Waals surface area contributed by atoms with Crippen LogP contribution in [0, 0.1) is 0 Å². The van der Waals surface area contributed by atoms with Crippen molar-refractivity contribution >= 4 is 38.6 Å². The molecule has 1 heteroatoms. The summed E-state index contributed by atoms with van der Waals surface area (Å²) in [6.45, 7) is 0. The lowest BCUT2D eigenvalue weighted by molar-refractivity contribution is 0.768. The number of nitrogens with zero attached hydrogens (tertiary/aromatic N) is 1. The van der Waals surface area contributed by atoms with E-state index >= 15 is 0 Å². The van der Waals surface area contributed by atoms with Crippen LogP contribution >= 0.6 is 0 Å². The molecular formula is C63H43N. The lowest BCUT2D eigenvalue weighted by atomic mass is 9.67. The Kier molecular flexibility index (Phi) is 9.13. The second kappa shape index (κ2) is 15.6. The zero-order chi connectivity index (χ0) is 42.5. The van der Waals surface area contributed by atoms with Gasteiger partial charge < -0.3 is 4.90 Å². The van der Waals surface area contributed by atoms with E-state index < -0.39 is 5.41 Å². The van der Waals surface area contributed by atoms with E-state index in [9.17, 15) is 0 Å². The smallest absolute Gasteiger partial charge is 0.0713 e. The van der Waals surface area contributed by atoms with Crippen LogP contribution in [0.5, 0.6) is 0 Å². The average molecular weight is 814 g/mol. The predicted molar refractivity (Wildman–Crippen MR) is 270 cm³/mol. The Morgan fingerprint density at radius 3 is 1.12 bits per heavy atom. The Balaban J connectivity index is 0.979. The maximum absolute atomic E-state index is 2.38. The number of anilines is 3. The van der Waals surface area contributed by atoms with Gasteiger partial charge in [0.25, 0.3) is 0 Å². The van der Waals surface area contributed by atoms with Gasteiger partial charge in [0.15, 0.2) is 0 Å². The minimum absolute atomic E-state index is 0.447. The van der Waals surface area contributed by atoms with Crippen molar-refractivity contribution < 1.29 is 0 Å². The van der Waals surface area contributed by atoms with Gasteiger partial charge in [-0.25, -0.2) is 0 Å². The first-order valence-corrected chi connectivity index (χ1v) is 22.2. The summed E-state index contributed by atoms with van der Waals surface area (Å²) in [5, 5.41) is 5.01. The largest absolute Gasteiger partial charge is 0.311 e. The molecule has 0 aliphatic heterocycles. The number of rotatable bonds is 8. The van der Waals surface area contributed by atoms with Gasteiger partial charge in [-0.2, -0.15) is 0 Å². The van der Waals surface area contributed by atoms with E-state index in [0.29, 0.717) is 0 Å². The molecule has 0 unspecified atom stereocenters. The van der Waals surface area contributed by atoms with Crippen LogP contribution in [0.15, 0.2) is 261 Å². The third kappa shape index (κ3) is 6.08. The molecule has 0 saturated heterocycles. The first-order valence-electron chi connectivity index (χ1n) is 22.2. The fourth-order valence-corrected chi connectivity index (χ4v) is 10.5. The van der Waals surface area contributed by atoms with Crippen molar-refractivity contribution in [3.8, 4) is 44.5 Å². The van der Waals surface area contributed by atoms with E-state index in [0.717, 1.165) is 17.1 Å². The van der Waals surface area contributed by atoms with Gasteiger partial charge in [0.1, 0.15) is 0 Å². The van der Waals surface area contributed by atoms with Crippen LogP contribution in [0.25, 0.3) is 66.1 Å². The number of fused-ring (bicyclic) bond motifs is 5. The molecule has 0 aromatic heterocycles. The van der Waals surface area contributed by atoms with Gasteiger partial charge in [-0.3, -0.25) is 0 Å². The van der Waals surface area contributed by atoms with E-state index in [-0.39, 0.29) is 0 Å². The van der Waals surface area contributed by atoms with Crippen molar-refractivity contribution in [2.45, 2.75) is 5.41 Å². The van der Waals surface area contributed by atoms with Crippen LogP contribution in [-0.4, -0.2) is 0 Å². The van der Waals surface area contributed by atoms with Crippen LogP contribution < -0.4 is 4.90 Å². The molecule has 1 nitrogen and oxygen atoms in total. The highest BCUT2D eigenvalue weighted by molar-refractivity contribution is 5.99. The van der Waals surface area contributed by atoms with Crippen LogP contribution in [-0.2, 0) is 5.41 Å². The Hall–Kier alpha value is -8.26. The van der Waals surface area contributed by atoms with Crippen molar-refractivity contribution in [2.75, 3.05) is 4.90 Å². The van der Waals surface area contributed by atoms with Crippen molar-refractivity contribution in [1.82, 2.24) is 0 Å². The zero-order valence-corrected chi connectivity index (χ0v) is 35.3. The molecule has 1 aliphatic rings. The lowest BCUT2D eigenvalue weighted by Crippen LogP contribution is -2.28. The molecule has 0 amide bonds. The molecule has 0 bridgehead atoms. The van der Waals surface area contributed by atoms with Crippen LogP contribution in [0.4, 0.5) is 17.1 Å². The molecule has 0 heterocycles. The van der Waals surface area contributed by atoms with E-state index in [4.69, 9.17) is 0 Å². The molecule has 11 aromatic rings. The minimum Gasteiger partial charge on any atom is -0.311 e. The van der Waals surface area contributed by atoms with Gasteiger partial charge >= 0.3 is 0 Å². The van der Waals surface area contributed by atoms with Gasteiger partial charge in [-0.1, -0.05) is 224 Å². The molecule has 64 heavy (non-hydrogen) atoms. The third-order valence-electron chi connectivity index (χ3n) is 13.4. The number of hydrogen-bond acceptors (Lipinski definition) is 1. The normalized spacial score (nSPS) is 12.5. The Morgan fingerprint density at radius 1 is 0.250 bits per heavy atom. The zero-order valence-electron chi connectivity index (χ0n) is 35.3. The van der Waals surface area contributed by atoms with Gasteiger partial charge in [-0.05, 0) is 125 Å². The fourth-order valence-electron chi connectivity index (χ4n) is 10.5. The summed E-state index contributed by atoms with van der Waals surface area (Å²) >= 11 is 0. The molecule has 0 radical (unpaired) electrons. The van der Waals surface area contributed by atoms with Crippen LogP contribution in [0.3, 0.4) is 0 Å². The van der Waals surface area contributed by atoms with Gasteiger partial charge in [0, 0.05) is 17.1 Å². The molecule has 0 spiro atoms. The highest BCUT2D eigenvalue weighted by Crippen LogP contribution is 2.58. The maximum Gasteiger partial charge on any atom is 0.0713 e. The summed E-state index contributed by atoms with van der Waals surface area (Å²) in [5.74, 6) is 0.